The van der Waals surface area contributed by atoms with Gasteiger partial charge in [-0.05, 0) is 62.6 Å². The lowest BCUT2D eigenvalue weighted by molar-refractivity contribution is 0.0270. The first kappa shape index (κ1) is 24.8. The number of ether oxygens (including phenoxy) is 2. The zero-order valence-electron chi connectivity index (χ0n) is 21.4. The number of rotatable bonds is 3. The first-order valence-electron chi connectivity index (χ1n) is 12.5. The summed E-state index contributed by atoms with van der Waals surface area (Å²) in [5.41, 5.74) is 9.54. The van der Waals surface area contributed by atoms with Gasteiger partial charge >= 0.3 is 6.09 Å². The van der Waals surface area contributed by atoms with E-state index in [1.807, 2.05) is 51.1 Å². The van der Waals surface area contributed by atoms with Gasteiger partial charge in [-0.3, -0.25) is 9.59 Å². The van der Waals surface area contributed by atoms with Gasteiger partial charge in [-0.1, -0.05) is 12.1 Å². The van der Waals surface area contributed by atoms with Gasteiger partial charge in [0.05, 0.1) is 24.3 Å². The Hall–Kier alpha value is -3.85. The molecule has 0 atom stereocenters. The molecule has 2 aromatic carbocycles. The van der Waals surface area contributed by atoms with Crippen LogP contribution in [-0.2, 0) is 9.47 Å². The molecule has 5 rings (SSSR count). The van der Waals surface area contributed by atoms with Crippen LogP contribution in [0.4, 0.5) is 4.79 Å². The third kappa shape index (κ3) is 5.04. The number of hydrogen-bond acceptors (Lipinski definition) is 5. The molecule has 194 valence electrons. The van der Waals surface area contributed by atoms with Crippen molar-refractivity contribution in [2.45, 2.75) is 32.8 Å². The molecule has 1 saturated heterocycles. The van der Waals surface area contributed by atoms with Gasteiger partial charge in [0.2, 0.25) is 0 Å². The van der Waals surface area contributed by atoms with E-state index in [0.717, 1.165) is 27.4 Å². The lowest BCUT2D eigenvalue weighted by atomic mass is 9.95. The summed E-state index contributed by atoms with van der Waals surface area (Å²) in [6.07, 6.45) is 2.28. The Morgan fingerprint density at radius 3 is 2.41 bits per heavy atom. The number of nitrogens with two attached hydrogens (primary N) is 1. The van der Waals surface area contributed by atoms with Crippen LogP contribution in [0.2, 0.25) is 0 Å². The molecule has 3 amide bonds. The van der Waals surface area contributed by atoms with E-state index in [9.17, 15) is 14.4 Å². The van der Waals surface area contributed by atoms with Crippen LogP contribution >= 0.6 is 0 Å². The number of aromatic nitrogens is 1. The molecule has 0 aliphatic carbocycles. The maximum Gasteiger partial charge on any atom is 0.410 e. The van der Waals surface area contributed by atoms with Crippen LogP contribution in [0.3, 0.4) is 0 Å². The van der Waals surface area contributed by atoms with Crippen LogP contribution in [0, 0.1) is 0 Å². The van der Waals surface area contributed by atoms with Crippen molar-refractivity contribution < 1.29 is 23.9 Å². The summed E-state index contributed by atoms with van der Waals surface area (Å²) >= 11 is 0. The highest BCUT2D eigenvalue weighted by Crippen LogP contribution is 2.33. The molecule has 9 nitrogen and oxygen atoms in total. The number of morpholine rings is 1. The number of aromatic amines is 1. The average molecular weight is 505 g/mol. The molecule has 2 aliphatic heterocycles. The summed E-state index contributed by atoms with van der Waals surface area (Å²) in [4.78, 5) is 44.6. The van der Waals surface area contributed by atoms with Gasteiger partial charge in [-0.15, -0.1) is 0 Å². The summed E-state index contributed by atoms with van der Waals surface area (Å²) in [6.45, 7) is 8.70. The summed E-state index contributed by atoms with van der Waals surface area (Å²) < 4.78 is 10.8. The molecule has 3 N–H and O–H groups in total. The lowest BCUT2D eigenvalue weighted by Crippen LogP contribution is -2.40. The van der Waals surface area contributed by atoms with Crippen molar-refractivity contribution in [2.24, 2.45) is 5.73 Å². The minimum Gasteiger partial charge on any atom is -0.444 e. The molecule has 0 radical (unpaired) electrons. The SMILES string of the molecule is CC(C)(C)OC(=O)N1CC=C(c2cc(C(N)=O)c3[nH]c4cc(C(=O)N5CCOCC5)ccc4c3c2)CC1. The van der Waals surface area contributed by atoms with E-state index in [1.165, 1.54) is 0 Å². The fraction of sp³-hybridized carbons (Fsp3) is 0.393. The van der Waals surface area contributed by atoms with Gasteiger partial charge in [0, 0.05) is 48.0 Å². The number of nitrogens with one attached hydrogen (secondary N) is 1. The molecular weight excluding hydrogens is 472 g/mol. The van der Waals surface area contributed by atoms with Gasteiger partial charge < -0.3 is 30.0 Å². The van der Waals surface area contributed by atoms with Crippen molar-refractivity contribution in [2.75, 3.05) is 39.4 Å². The van der Waals surface area contributed by atoms with E-state index in [-0.39, 0.29) is 12.0 Å². The van der Waals surface area contributed by atoms with Crippen molar-refractivity contribution in [3.63, 3.8) is 0 Å². The van der Waals surface area contributed by atoms with Gasteiger partial charge in [-0.25, -0.2) is 4.79 Å². The van der Waals surface area contributed by atoms with Crippen molar-refractivity contribution >= 4 is 45.3 Å². The summed E-state index contributed by atoms with van der Waals surface area (Å²) in [5, 5.41) is 1.77. The largest absolute Gasteiger partial charge is 0.444 e. The van der Waals surface area contributed by atoms with E-state index in [1.54, 1.807) is 15.9 Å². The maximum atomic E-state index is 13.0. The fourth-order valence-electron chi connectivity index (χ4n) is 4.89. The van der Waals surface area contributed by atoms with Crippen LogP contribution in [0.15, 0.2) is 36.4 Å². The molecule has 0 unspecified atom stereocenters. The van der Waals surface area contributed by atoms with Crippen LogP contribution in [-0.4, -0.2) is 77.7 Å². The van der Waals surface area contributed by atoms with Crippen LogP contribution in [0.5, 0.6) is 0 Å². The summed E-state index contributed by atoms with van der Waals surface area (Å²) in [6, 6.07) is 9.41. The minimum atomic E-state index is -0.551. The molecule has 0 bridgehead atoms. The van der Waals surface area contributed by atoms with E-state index in [4.69, 9.17) is 15.2 Å². The number of carbonyl (C=O) groups is 3. The molecular formula is C28H32N4O5. The van der Waals surface area contributed by atoms with Crippen LogP contribution in [0.25, 0.3) is 27.4 Å². The standard InChI is InChI=1S/C28H32N4O5/c1-28(2,3)37-27(35)32-8-6-17(7-9-32)19-14-21-20-5-4-18(26(34)31-10-12-36-13-11-31)16-23(20)30-24(21)22(15-19)25(29)33/h4-6,14-16,30H,7-13H2,1-3H3,(H2,29,33). The number of primary amides is 1. The van der Waals surface area contributed by atoms with Gasteiger partial charge in [0.1, 0.15) is 5.60 Å². The van der Waals surface area contributed by atoms with Crippen LogP contribution in [0.1, 0.15) is 53.5 Å². The number of nitrogens with zero attached hydrogens (tertiary/aromatic N) is 2. The third-order valence-corrected chi connectivity index (χ3v) is 6.75. The van der Waals surface area contributed by atoms with E-state index in [2.05, 4.69) is 4.98 Å². The molecule has 3 aromatic rings. The van der Waals surface area contributed by atoms with Gasteiger partial charge in [0.25, 0.3) is 11.8 Å². The van der Waals surface area contributed by atoms with Crippen LogP contribution < -0.4 is 5.73 Å². The topological polar surface area (TPSA) is 118 Å². The highest BCUT2D eigenvalue weighted by Gasteiger charge is 2.25. The zero-order chi connectivity index (χ0) is 26.3. The molecule has 3 heterocycles. The normalized spacial score (nSPS) is 16.7. The Kier molecular flexibility index (Phi) is 6.41. The van der Waals surface area contributed by atoms with E-state index in [0.29, 0.717) is 62.5 Å². The first-order valence-corrected chi connectivity index (χ1v) is 12.5. The molecule has 0 spiro atoms. The van der Waals surface area contributed by atoms with Crippen molar-refractivity contribution in [3.8, 4) is 0 Å². The van der Waals surface area contributed by atoms with Gasteiger partial charge in [-0.2, -0.15) is 0 Å². The number of fused-ring (bicyclic) bond motifs is 3. The predicted octanol–water partition coefficient (Wildman–Crippen LogP) is 3.92. The Balaban J connectivity index is 1.48. The molecule has 1 fully saturated rings. The zero-order valence-corrected chi connectivity index (χ0v) is 21.4. The molecule has 9 heteroatoms. The van der Waals surface area contributed by atoms with Crippen molar-refractivity contribution in [3.05, 3.63) is 53.1 Å². The number of hydrogen-bond donors (Lipinski definition) is 2. The second kappa shape index (κ2) is 9.55. The minimum absolute atomic E-state index is 0.0402. The summed E-state index contributed by atoms with van der Waals surface area (Å²) in [7, 11) is 0. The third-order valence-electron chi connectivity index (χ3n) is 6.75. The number of carbonyl (C=O) groups excluding carboxylic acids is 3. The van der Waals surface area contributed by atoms with Crippen molar-refractivity contribution in [1.82, 2.24) is 14.8 Å². The fourth-order valence-corrected chi connectivity index (χ4v) is 4.89. The summed E-state index contributed by atoms with van der Waals surface area (Å²) in [5.74, 6) is -0.573. The monoisotopic (exact) mass is 504 g/mol. The van der Waals surface area contributed by atoms with E-state index < -0.39 is 11.5 Å². The average Bonchev–Trinajstić information content (AvgIpc) is 3.25. The second-order valence-corrected chi connectivity index (χ2v) is 10.5. The number of H-pyrrole nitrogens is 1. The Labute approximate surface area is 215 Å². The molecule has 0 saturated carbocycles. The molecule has 1 aromatic heterocycles. The molecule has 2 aliphatic rings. The van der Waals surface area contributed by atoms with Crippen molar-refractivity contribution in [1.29, 1.82) is 0 Å². The van der Waals surface area contributed by atoms with Gasteiger partial charge in [0.15, 0.2) is 0 Å². The highest BCUT2D eigenvalue weighted by molar-refractivity contribution is 6.16. The highest BCUT2D eigenvalue weighted by atomic mass is 16.6. The predicted molar refractivity (Wildman–Crippen MR) is 141 cm³/mol. The lowest BCUT2D eigenvalue weighted by Gasteiger charge is -2.29. The number of amides is 3. The number of benzene rings is 2. The molecule has 37 heavy (non-hydrogen) atoms. The Bertz CT molecular complexity index is 1430. The smallest absolute Gasteiger partial charge is 0.410 e. The second-order valence-electron chi connectivity index (χ2n) is 10.5. The Morgan fingerprint density at radius 2 is 1.76 bits per heavy atom. The first-order chi connectivity index (χ1) is 17.6. The Morgan fingerprint density at radius 1 is 1.00 bits per heavy atom. The van der Waals surface area contributed by atoms with E-state index >= 15 is 0 Å². The quantitative estimate of drug-likeness (QED) is 0.561. The maximum absolute atomic E-state index is 13.0.